The van der Waals surface area contributed by atoms with E-state index in [0.717, 1.165) is 36.6 Å². The van der Waals surface area contributed by atoms with E-state index < -0.39 is 0 Å². The van der Waals surface area contributed by atoms with Gasteiger partial charge in [0.2, 0.25) is 5.91 Å². The highest BCUT2D eigenvalue weighted by molar-refractivity contribution is 7.28. The Kier molecular flexibility index (Phi) is 5.02. The lowest BCUT2D eigenvalue weighted by atomic mass is 9.88. The summed E-state index contributed by atoms with van der Waals surface area (Å²) in [4.78, 5) is 22.1. The first-order chi connectivity index (χ1) is 14.7. The molecular weight excluding hydrogens is 410 g/mol. The molecule has 1 N–H and O–H groups in total. The number of nitrogens with zero attached hydrogens (tertiary/aromatic N) is 2. The highest BCUT2D eigenvalue weighted by Crippen LogP contribution is 2.36. The average Bonchev–Trinajstić information content (AvgIpc) is 3.35. The molecule has 4 nitrogen and oxygen atoms in total. The molecule has 0 spiro atoms. The van der Waals surface area contributed by atoms with Gasteiger partial charge in [-0.1, -0.05) is 72.0 Å². The van der Waals surface area contributed by atoms with Gasteiger partial charge in [0.25, 0.3) is 0 Å². The van der Waals surface area contributed by atoms with Crippen molar-refractivity contribution in [3.8, 4) is 0 Å². The number of thiazole rings is 2. The lowest BCUT2D eigenvalue weighted by Crippen LogP contribution is -2.16. The number of benzene rings is 3. The number of nitrogens with one attached hydrogen (secondary N) is 1. The molecule has 148 valence electrons. The molecule has 0 aliphatic carbocycles. The molecule has 0 unspecified atom stereocenters. The van der Waals surface area contributed by atoms with Crippen LogP contribution in [0.4, 0.5) is 5.13 Å². The van der Waals surface area contributed by atoms with E-state index in [4.69, 9.17) is 0 Å². The molecule has 0 bridgehead atoms. The molecule has 30 heavy (non-hydrogen) atoms. The van der Waals surface area contributed by atoms with Gasteiger partial charge in [0, 0.05) is 12.3 Å². The first kappa shape index (κ1) is 18.9. The maximum Gasteiger partial charge on any atom is 0.227 e. The topological polar surface area (TPSA) is 54.9 Å². The van der Waals surface area contributed by atoms with Crippen molar-refractivity contribution in [1.82, 2.24) is 9.97 Å². The highest BCUT2D eigenvalue weighted by Gasteiger charge is 2.19. The minimum Gasteiger partial charge on any atom is -0.302 e. The van der Waals surface area contributed by atoms with E-state index in [1.807, 2.05) is 55.5 Å². The summed E-state index contributed by atoms with van der Waals surface area (Å²) in [6.45, 7) is 2.01. The molecule has 2 aromatic heterocycles. The van der Waals surface area contributed by atoms with Crippen LogP contribution in [0.25, 0.3) is 20.4 Å². The van der Waals surface area contributed by atoms with Gasteiger partial charge in [0.15, 0.2) is 5.13 Å². The zero-order valence-corrected chi connectivity index (χ0v) is 18.0. The van der Waals surface area contributed by atoms with Crippen molar-refractivity contribution in [1.29, 1.82) is 0 Å². The fourth-order valence-corrected chi connectivity index (χ4v) is 5.71. The molecule has 2 heterocycles. The summed E-state index contributed by atoms with van der Waals surface area (Å²) in [5.74, 6) is -0.0406. The summed E-state index contributed by atoms with van der Waals surface area (Å²) in [5, 5.41) is 4.69. The van der Waals surface area contributed by atoms with E-state index in [1.54, 1.807) is 11.3 Å². The third kappa shape index (κ3) is 3.72. The van der Waals surface area contributed by atoms with Crippen molar-refractivity contribution in [3.05, 3.63) is 88.9 Å². The molecule has 0 aliphatic heterocycles. The molecule has 5 rings (SSSR count). The summed E-state index contributed by atoms with van der Waals surface area (Å²) in [6.07, 6.45) is 0.360. The smallest absolute Gasteiger partial charge is 0.227 e. The number of carbonyl (C=O) groups is 1. The SMILES string of the molecule is Cc1nc2ccc3nc(NC(=O)CC(c4ccccc4)c4ccccc4)sc3c2s1. The Morgan fingerprint density at radius 3 is 2.03 bits per heavy atom. The van der Waals surface area contributed by atoms with Crippen LogP contribution in [0, 0.1) is 6.92 Å². The van der Waals surface area contributed by atoms with Crippen LogP contribution in [-0.2, 0) is 4.79 Å². The van der Waals surface area contributed by atoms with Crippen LogP contribution >= 0.6 is 22.7 Å². The largest absolute Gasteiger partial charge is 0.302 e. The number of hydrogen-bond acceptors (Lipinski definition) is 5. The van der Waals surface area contributed by atoms with Gasteiger partial charge in [-0.2, -0.15) is 0 Å². The van der Waals surface area contributed by atoms with E-state index in [9.17, 15) is 4.79 Å². The van der Waals surface area contributed by atoms with Crippen molar-refractivity contribution in [2.75, 3.05) is 5.32 Å². The summed E-state index contributed by atoms with van der Waals surface area (Å²) in [5.41, 5.74) is 4.14. The lowest BCUT2D eigenvalue weighted by molar-refractivity contribution is -0.116. The zero-order chi connectivity index (χ0) is 20.5. The molecule has 6 heteroatoms. The Hall–Kier alpha value is -3.09. The van der Waals surface area contributed by atoms with Crippen LogP contribution < -0.4 is 5.32 Å². The van der Waals surface area contributed by atoms with Gasteiger partial charge < -0.3 is 5.32 Å². The van der Waals surface area contributed by atoms with Crippen LogP contribution in [0.3, 0.4) is 0 Å². The van der Waals surface area contributed by atoms with Gasteiger partial charge >= 0.3 is 0 Å². The second-order valence-corrected chi connectivity index (χ2v) is 9.34. The average molecular weight is 430 g/mol. The Morgan fingerprint density at radius 2 is 1.40 bits per heavy atom. The van der Waals surface area contributed by atoms with Gasteiger partial charge in [0.1, 0.15) is 0 Å². The maximum atomic E-state index is 13.0. The van der Waals surface area contributed by atoms with Gasteiger partial charge in [-0.25, -0.2) is 9.97 Å². The first-order valence-electron chi connectivity index (χ1n) is 9.74. The molecule has 3 aromatic carbocycles. The Labute approximate surface area is 182 Å². The molecular formula is C24H19N3OS2. The van der Waals surface area contributed by atoms with E-state index in [0.29, 0.717) is 11.6 Å². The van der Waals surface area contributed by atoms with Crippen LogP contribution in [0.15, 0.2) is 72.8 Å². The number of fused-ring (bicyclic) bond motifs is 3. The number of anilines is 1. The van der Waals surface area contributed by atoms with Crippen LogP contribution in [0.1, 0.15) is 28.5 Å². The van der Waals surface area contributed by atoms with Crippen molar-refractivity contribution in [2.24, 2.45) is 0 Å². The van der Waals surface area contributed by atoms with Crippen LogP contribution in [0.5, 0.6) is 0 Å². The molecule has 0 saturated heterocycles. The highest BCUT2D eigenvalue weighted by atomic mass is 32.1. The van der Waals surface area contributed by atoms with E-state index in [2.05, 4.69) is 39.6 Å². The van der Waals surface area contributed by atoms with E-state index in [1.165, 1.54) is 11.3 Å². The fourth-order valence-electron chi connectivity index (χ4n) is 3.69. The number of carbonyl (C=O) groups excluding carboxylic acids is 1. The number of aromatic nitrogens is 2. The summed E-state index contributed by atoms with van der Waals surface area (Å²) < 4.78 is 2.21. The summed E-state index contributed by atoms with van der Waals surface area (Å²) >= 11 is 3.18. The van der Waals surface area contributed by atoms with Crippen molar-refractivity contribution >= 4 is 54.1 Å². The van der Waals surface area contributed by atoms with Crippen molar-refractivity contribution in [3.63, 3.8) is 0 Å². The molecule has 0 atom stereocenters. The molecule has 1 amide bonds. The monoisotopic (exact) mass is 429 g/mol. The van der Waals surface area contributed by atoms with Gasteiger partial charge in [-0.15, -0.1) is 11.3 Å². The van der Waals surface area contributed by atoms with Crippen molar-refractivity contribution < 1.29 is 4.79 Å². The van der Waals surface area contributed by atoms with E-state index in [-0.39, 0.29) is 11.8 Å². The normalized spacial score (nSPS) is 11.4. The maximum absolute atomic E-state index is 13.0. The Balaban J connectivity index is 1.42. The predicted octanol–water partition coefficient (Wildman–Crippen LogP) is 6.38. The number of aryl methyl sites for hydroxylation is 1. The van der Waals surface area contributed by atoms with Crippen LogP contribution in [0.2, 0.25) is 0 Å². The number of rotatable bonds is 5. The van der Waals surface area contributed by atoms with Crippen molar-refractivity contribution in [2.45, 2.75) is 19.3 Å². The van der Waals surface area contributed by atoms with Gasteiger partial charge in [-0.3, -0.25) is 4.79 Å². The van der Waals surface area contributed by atoms with Crippen LogP contribution in [-0.4, -0.2) is 15.9 Å². The summed E-state index contributed by atoms with van der Waals surface area (Å²) in [7, 11) is 0. The lowest BCUT2D eigenvalue weighted by Gasteiger charge is -2.17. The molecule has 5 aromatic rings. The van der Waals surface area contributed by atoms with E-state index >= 15 is 0 Å². The molecule has 0 radical (unpaired) electrons. The second-order valence-electron chi connectivity index (χ2n) is 7.14. The second kappa shape index (κ2) is 7.97. The minimum absolute atomic E-state index is 0.00219. The molecule has 0 saturated carbocycles. The molecule has 0 aliphatic rings. The number of hydrogen-bond donors (Lipinski definition) is 1. The number of amides is 1. The standard InChI is InChI=1S/C24H19N3OS2/c1-15-25-19-12-13-20-23(22(19)29-15)30-24(26-20)27-21(28)14-18(16-8-4-2-5-9-16)17-10-6-3-7-11-17/h2-13,18H,14H2,1H3,(H,26,27,28). The van der Waals surface area contributed by atoms with Gasteiger partial charge in [-0.05, 0) is 30.2 Å². The summed E-state index contributed by atoms with van der Waals surface area (Å²) in [6, 6.07) is 24.3. The quantitative estimate of drug-likeness (QED) is 0.353. The minimum atomic E-state index is -0.0384. The first-order valence-corrected chi connectivity index (χ1v) is 11.4. The van der Waals surface area contributed by atoms with Gasteiger partial charge in [0.05, 0.1) is 25.4 Å². The predicted molar refractivity (Wildman–Crippen MR) is 126 cm³/mol. The molecule has 0 fully saturated rings. The fraction of sp³-hybridized carbons (Fsp3) is 0.125. The zero-order valence-electron chi connectivity index (χ0n) is 16.3. The Bertz CT molecular complexity index is 1290. The third-order valence-electron chi connectivity index (χ3n) is 5.06. The Morgan fingerprint density at radius 1 is 0.833 bits per heavy atom. The third-order valence-corrected chi connectivity index (χ3v) is 7.20.